The fourth-order valence-corrected chi connectivity index (χ4v) is 4.85. The zero-order valence-electron chi connectivity index (χ0n) is 19.6. The second kappa shape index (κ2) is 11.8. The van der Waals surface area contributed by atoms with Gasteiger partial charge in [-0.2, -0.15) is 0 Å². The molecule has 0 radical (unpaired) electrons. The van der Waals surface area contributed by atoms with Crippen molar-refractivity contribution in [3.8, 4) is 5.75 Å². The lowest BCUT2D eigenvalue weighted by Crippen LogP contribution is -2.48. The standard InChI is InChI=1S/C25H32N6O2.ClH/c1-32-22-11-9-21(10-12-22)24(25-26-27-28-31(25)19-23-8-5-17-33-23)30-15-13-29(14-16-30)18-20-6-3-2-4-7-20;/h2-4,6-7,9-12,23-24H,5,8,13-19H2,1H3;1H. The number of hydrogen-bond donors (Lipinski definition) is 0. The van der Waals surface area contributed by atoms with Gasteiger partial charge in [0, 0.05) is 39.3 Å². The van der Waals surface area contributed by atoms with Crippen LogP contribution in [0.25, 0.3) is 0 Å². The molecule has 2 aromatic carbocycles. The summed E-state index contributed by atoms with van der Waals surface area (Å²) in [5.74, 6) is 1.73. The number of methoxy groups -OCH3 is 1. The summed E-state index contributed by atoms with van der Waals surface area (Å²) < 4.78 is 13.2. The van der Waals surface area contributed by atoms with Gasteiger partial charge in [0.2, 0.25) is 0 Å². The molecule has 3 aromatic rings. The van der Waals surface area contributed by atoms with E-state index in [0.717, 1.165) is 63.7 Å². The summed E-state index contributed by atoms with van der Waals surface area (Å²) in [5, 5.41) is 12.9. The molecule has 9 heteroatoms. The lowest BCUT2D eigenvalue weighted by atomic mass is 10.0. The Morgan fingerprint density at radius 3 is 2.47 bits per heavy atom. The lowest BCUT2D eigenvalue weighted by molar-refractivity contribution is 0.0841. The van der Waals surface area contributed by atoms with Gasteiger partial charge in [0.05, 0.1) is 25.8 Å². The molecule has 34 heavy (non-hydrogen) atoms. The number of hydrogen-bond acceptors (Lipinski definition) is 7. The maximum absolute atomic E-state index is 5.86. The van der Waals surface area contributed by atoms with E-state index in [1.807, 2.05) is 16.8 Å². The monoisotopic (exact) mass is 484 g/mol. The number of halogens is 1. The maximum atomic E-state index is 5.86. The number of piperazine rings is 1. The Labute approximate surface area is 207 Å². The Kier molecular flexibility index (Phi) is 8.50. The molecule has 8 nitrogen and oxygen atoms in total. The van der Waals surface area contributed by atoms with Crippen LogP contribution in [0.1, 0.15) is 35.8 Å². The fourth-order valence-electron chi connectivity index (χ4n) is 4.85. The van der Waals surface area contributed by atoms with Gasteiger partial charge in [-0.1, -0.05) is 42.5 Å². The van der Waals surface area contributed by atoms with Crippen molar-refractivity contribution >= 4 is 12.4 Å². The van der Waals surface area contributed by atoms with Crippen LogP contribution in [0.2, 0.25) is 0 Å². The number of tetrazole rings is 1. The van der Waals surface area contributed by atoms with Crippen molar-refractivity contribution < 1.29 is 9.47 Å². The molecule has 1 aromatic heterocycles. The second-order valence-corrected chi connectivity index (χ2v) is 8.83. The van der Waals surface area contributed by atoms with E-state index in [0.29, 0.717) is 6.54 Å². The van der Waals surface area contributed by atoms with Crippen LogP contribution in [0.15, 0.2) is 54.6 Å². The van der Waals surface area contributed by atoms with Crippen molar-refractivity contribution in [3.05, 3.63) is 71.5 Å². The van der Waals surface area contributed by atoms with E-state index in [4.69, 9.17) is 9.47 Å². The first-order valence-electron chi connectivity index (χ1n) is 11.8. The minimum atomic E-state index is -0.00816. The number of benzene rings is 2. The molecule has 2 unspecified atom stereocenters. The van der Waals surface area contributed by atoms with E-state index in [1.54, 1.807) is 7.11 Å². The summed E-state index contributed by atoms with van der Waals surface area (Å²) >= 11 is 0. The van der Waals surface area contributed by atoms with Gasteiger partial charge in [-0.25, -0.2) is 4.68 Å². The smallest absolute Gasteiger partial charge is 0.173 e. The Morgan fingerprint density at radius 1 is 1.03 bits per heavy atom. The molecule has 0 saturated carbocycles. The first-order valence-corrected chi connectivity index (χ1v) is 11.8. The molecule has 2 fully saturated rings. The normalized spacial score (nSPS) is 20.1. The lowest BCUT2D eigenvalue weighted by Gasteiger charge is -2.39. The first-order chi connectivity index (χ1) is 16.3. The predicted molar refractivity (Wildman–Crippen MR) is 132 cm³/mol. The van der Waals surface area contributed by atoms with Gasteiger partial charge in [-0.3, -0.25) is 9.80 Å². The number of aromatic nitrogens is 4. The number of ether oxygens (including phenoxy) is 2. The van der Waals surface area contributed by atoms with E-state index in [1.165, 1.54) is 11.1 Å². The van der Waals surface area contributed by atoms with E-state index < -0.39 is 0 Å². The predicted octanol–water partition coefficient (Wildman–Crippen LogP) is 3.19. The van der Waals surface area contributed by atoms with Crippen molar-refractivity contribution in [2.75, 3.05) is 39.9 Å². The molecule has 5 rings (SSSR count). The Hall–Kier alpha value is -2.52. The van der Waals surface area contributed by atoms with Crippen LogP contribution in [0.3, 0.4) is 0 Å². The zero-order chi connectivity index (χ0) is 22.5. The van der Waals surface area contributed by atoms with Crippen LogP contribution < -0.4 is 4.74 Å². The molecule has 2 aliphatic rings. The molecular weight excluding hydrogens is 452 g/mol. The average Bonchev–Trinajstić information content (AvgIpc) is 3.54. The highest BCUT2D eigenvalue weighted by Crippen LogP contribution is 2.30. The van der Waals surface area contributed by atoms with E-state index in [2.05, 4.69) is 67.8 Å². The zero-order valence-corrected chi connectivity index (χ0v) is 20.4. The van der Waals surface area contributed by atoms with Gasteiger partial charge in [-0.15, -0.1) is 17.5 Å². The van der Waals surface area contributed by atoms with Crippen molar-refractivity contribution in [1.29, 1.82) is 0 Å². The first kappa shape index (κ1) is 24.6. The largest absolute Gasteiger partial charge is 0.497 e. The molecule has 0 amide bonds. The highest BCUT2D eigenvalue weighted by molar-refractivity contribution is 5.85. The van der Waals surface area contributed by atoms with Crippen LogP contribution in [0.4, 0.5) is 0 Å². The van der Waals surface area contributed by atoms with Crippen LogP contribution in [-0.4, -0.2) is 76.0 Å². The summed E-state index contributed by atoms with van der Waals surface area (Å²) in [6.07, 6.45) is 2.35. The fraction of sp³-hybridized carbons (Fsp3) is 0.480. The molecule has 182 valence electrons. The van der Waals surface area contributed by atoms with Gasteiger partial charge < -0.3 is 9.47 Å². The molecule has 0 N–H and O–H groups in total. The average molecular weight is 485 g/mol. The Balaban J connectivity index is 0.00000274. The minimum Gasteiger partial charge on any atom is -0.497 e. The van der Waals surface area contributed by atoms with Crippen molar-refractivity contribution in [2.24, 2.45) is 0 Å². The molecule has 0 aliphatic carbocycles. The highest BCUT2D eigenvalue weighted by Gasteiger charge is 2.31. The molecular formula is C25H33ClN6O2. The third-order valence-electron chi connectivity index (χ3n) is 6.66. The van der Waals surface area contributed by atoms with Crippen molar-refractivity contribution in [3.63, 3.8) is 0 Å². The van der Waals surface area contributed by atoms with Crippen molar-refractivity contribution in [1.82, 2.24) is 30.0 Å². The van der Waals surface area contributed by atoms with E-state index in [-0.39, 0.29) is 24.6 Å². The van der Waals surface area contributed by atoms with E-state index in [9.17, 15) is 0 Å². The molecule has 2 saturated heterocycles. The summed E-state index contributed by atoms with van der Waals surface area (Å²) in [4.78, 5) is 5.02. The minimum absolute atomic E-state index is 0. The third-order valence-corrected chi connectivity index (χ3v) is 6.66. The number of nitrogens with zero attached hydrogens (tertiary/aromatic N) is 6. The van der Waals surface area contributed by atoms with Crippen molar-refractivity contribution in [2.45, 2.75) is 38.1 Å². The highest BCUT2D eigenvalue weighted by atomic mass is 35.5. The van der Waals surface area contributed by atoms with Gasteiger partial charge in [0.15, 0.2) is 5.82 Å². The van der Waals surface area contributed by atoms with Crippen LogP contribution in [-0.2, 0) is 17.8 Å². The summed E-state index contributed by atoms with van der Waals surface area (Å²) in [6.45, 7) is 6.44. The molecule has 0 spiro atoms. The SMILES string of the molecule is COc1ccc(C(c2nnnn2CC2CCCO2)N2CCN(Cc3ccccc3)CC2)cc1.Cl. The van der Waals surface area contributed by atoms with E-state index >= 15 is 0 Å². The van der Waals surface area contributed by atoms with Crippen LogP contribution in [0, 0.1) is 0 Å². The molecule has 2 aliphatic heterocycles. The molecule has 2 atom stereocenters. The molecule has 0 bridgehead atoms. The van der Waals surface area contributed by atoms with Crippen LogP contribution in [0.5, 0.6) is 5.75 Å². The quantitative estimate of drug-likeness (QED) is 0.486. The Bertz CT molecular complexity index is 1000. The summed E-state index contributed by atoms with van der Waals surface area (Å²) in [5.41, 5.74) is 2.54. The van der Waals surface area contributed by atoms with Gasteiger partial charge in [-0.05, 0) is 46.5 Å². The van der Waals surface area contributed by atoms with Gasteiger partial charge in [0.1, 0.15) is 5.75 Å². The van der Waals surface area contributed by atoms with Gasteiger partial charge >= 0.3 is 0 Å². The topological polar surface area (TPSA) is 68.5 Å². The summed E-state index contributed by atoms with van der Waals surface area (Å²) in [7, 11) is 1.70. The second-order valence-electron chi connectivity index (χ2n) is 8.83. The summed E-state index contributed by atoms with van der Waals surface area (Å²) in [6, 6.07) is 19.0. The molecule has 3 heterocycles. The maximum Gasteiger partial charge on any atom is 0.173 e. The van der Waals surface area contributed by atoms with Crippen LogP contribution >= 0.6 is 12.4 Å². The number of rotatable bonds is 8. The van der Waals surface area contributed by atoms with Gasteiger partial charge in [0.25, 0.3) is 0 Å². The third kappa shape index (κ3) is 5.75. The Morgan fingerprint density at radius 2 is 1.79 bits per heavy atom.